The number of amides is 2. The van der Waals surface area contributed by atoms with Gasteiger partial charge in [0.15, 0.2) is 0 Å². The van der Waals surface area contributed by atoms with Crippen LogP contribution >= 0.6 is 0 Å². The second-order valence-electron chi connectivity index (χ2n) is 9.09. The minimum absolute atomic E-state index is 0.110. The van der Waals surface area contributed by atoms with E-state index in [1.54, 1.807) is 30.5 Å². The van der Waals surface area contributed by atoms with Crippen LogP contribution in [-0.4, -0.2) is 33.3 Å². The SMILES string of the molecule is Cc1ccc(NC(=O)c2ccnc(C(C)(C)F)c2)cc1-c1ccnc(-c2ccnc(C(=O)NCC#N)c2)c1. The molecule has 4 aromatic rings. The van der Waals surface area contributed by atoms with Crippen LogP contribution in [0.25, 0.3) is 22.4 Å². The molecule has 0 saturated carbocycles. The molecule has 1 aromatic carbocycles. The molecule has 2 N–H and O–H groups in total. The molecule has 4 rings (SSSR count). The van der Waals surface area contributed by atoms with E-state index in [0.717, 1.165) is 16.7 Å². The Morgan fingerprint density at radius 3 is 2.42 bits per heavy atom. The number of carbonyl (C=O) groups excluding carboxylic acids is 2. The molecule has 0 unspecified atom stereocenters. The van der Waals surface area contributed by atoms with Crippen molar-refractivity contribution >= 4 is 17.5 Å². The average Bonchev–Trinajstić information content (AvgIpc) is 2.92. The molecule has 2 amide bonds. The van der Waals surface area contributed by atoms with Gasteiger partial charge in [-0.25, -0.2) is 4.39 Å². The number of benzene rings is 1. The van der Waals surface area contributed by atoms with Gasteiger partial charge in [0.2, 0.25) is 0 Å². The van der Waals surface area contributed by atoms with Crippen molar-refractivity contribution in [1.29, 1.82) is 5.26 Å². The standard InChI is InChI=1S/C29H25FN6O2/c1-18-4-5-22(36-27(37)21-8-12-34-26(16-21)29(2,3)30)17-23(18)19-6-10-32-24(14-19)20-7-11-33-25(15-20)28(38)35-13-9-31/h4-8,10-12,14-17H,13H2,1-3H3,(H,35,38)(H,36,37). The van der Waals surface area contributed by atoms with Crippen molar-refractivity contribution < 1.29 is 14.0 Å². The predicted octanol–water partition coefficient (Wildman–Crippen LogP) is 5.22. The molecule has 0 spiro atoms. The molecule has 0 aliphatic carbocycles. The lowest BCUT2D eigenvalue weighted by Crippen LogP contribution is -2.24. The number of alkyl halides is 1. The van der Waals surface area contributed by atoms with Gasteiger partial charge in [0.25, 0.3) is 11.8 Å². The summed E-state index contributed by atoms with van der Waals surface area (Å²) in [6.07, 6.45) is 4.60. The van der Waals surface area contributed by atoms with E-state index in [-0.39, 0.29) is 23.8 Å². The summed E-state index contributed by atoms with van der Waals surface area (Å²) in [6.45, 7) is 4.63. The highest BCUT2D eigenvalue weighted by molar-refractivity contribution is 6.04. The van der Waals surface area contributed by atoms with E-state index < -0.39 is 11.6 Å². The summed E-state index contributed by atoms with van der Waals surface area (Å²) in [5.74, 6) is -0.817. The van der Waals surface area contributed by atoms with Crippen LogP contribution < -0.4 is 10.6 Å². The van der Waals surface area contributed by atoms with Gasteiger partial charge in [-0.15, -0.1) is 0 Å². The molecular formula is C29H25FN6O2. The van der Waals surface area contributed by atoms with Crippen LogP contribution in [0.2, 0.25) is 0 Å². The number of hydrogen-bond acceptors (Lipinski definition) is 6. The number of aryl methyl sites for hydroxylation is 1. The topological polar surface area (TPSA) is 121 Å². The summed E-state index contributed by atoms with van der Waals surface area (Å²) >= 11 is 0. The van der Waals surface area contributed by atoms with Gasteiger partial charge in [-0.3, -0.25) is 24.5 Å². The summed E-state index contributed by atoms with van der Waals surface area (Å²) in [5.41, 5.74) is 3.63. The Balaban J connectivity index is 1.60. The first-order valence-corrected chi connectivity index (χ1v) is 11.8. The van der Waals surface area contributed by atoms with Crippen LogP contribution in [-0.2, 0) is 5.67 Å². The number of nitriles is 1. The first-order valence-electron chi connectivity index (χ1n) is 11.8. The van der Waals surface area contributed by atoms with Gasteiger partial charge in [0, 0.05) is 35.4 Å². The zero-order valence-electron chi connectivity index (χ0n) is 21.1. The molecule has 0 aliphatic rings. The largest absolute Gasteiger partial charge is 0.338 e. The Labute approximate surface area is 219 Å². The molecule has 0 atom stereocenters. The van der Waals surface area contributed by atoms with Crippen molar-refractivity contribution in [3.63, 3.8) is 0 Å². The number of aromatic nitrogens is 3. The third-order valence-electron chi connectivity index (χ3n) is 5.81. The molecule has 8 nitrogen and oxygen atoms in total. The summed E-state index contributed by atoms with van der Waals surface area (Å²) in [7, 11) is 0. The van der Waals surface area contributed by atoms with E-state index in [0.29, 0.717) is 22.5 Å². The van der Waals surface area contributed by atoms with Gasteiger partial charge in [-0.2, -0.15) is 5.26 Å². The smallest absolute Gasteiger partial charge is 0.270 e. The first kappa shape index (κ1) is 26.1. The van der Waals surface area contributed by atoms with Crippen LogP contribution in [0.15, 0.2) is 73.2 Å². The fourth-order valence-electron chi connectivity index (χ4n) is 3.79. The van der Waals surface area contributed by atoms with Crippen LogP contribution in [0.5, 0.6) is 0 Å². The van der Waals surface area contributed by atoms with Gasteiger partial charge in [-0.05, 0) is 86.0 Å². The summed E-state index contributed by atoms with van der Waals surface area (Å²) in [6, 6.07) is 17.5. The fourth-order valence-corrected chi connectivity index (χ4v) is 3.79. The van der Waals surface area contributed by atoms with Crippen molar-refractivity contribution in [2.24, 2.45) is 0 Å². The van der Waals surface area contributed by atoms with E-state index >= 15 is 0 Å². The maximum atomic E-state index is 14.3. The van der Waals surface area contributed by atoms with E-state index in [1.807, 2.05) is 37.3 Å². The van der Waals surface area contributed by atoms with E-state index in [1.165, 1.54) is 32.3 Å². The van der Waals surface area contributed by atoms with Crippen molar-refractivity contribution in [1.82, 2.24) is 20.3 Å². The number of anilines is 1. The van der Waals surface area contributed by atoms with Crippen LogP contribution in [0.1, 0.15) is 46.0 Å². The van der Waals surface area contributed by atoms with Gasteiger partial charge >= 0.3 is 0 Å². The fraction of sp³-hybridized carbons (Fsp3) is 0.172. The molecule has 38 heavy (non-hydrogen) atoms. The number of hydrogen-bond donors (Lipinski definition) is 2. The number of pyridine rings is 3. The minimum Gasteiger partial charge on any atom is -0.338 e. The van der Waals surface area contributed by atoms with Crippen molar-refractivity contribution in [2.45, 2.75) is 26.4 Å². The molecule has 0 bridgehead atoms. The Kier molecular flexibility index (Phi) is 7.53. The first-order chi connectivity index (χ1) is 18.2. The molecule has 3 aromatic heterocycles. The van der Waals surface area contributed by atoms with Crippen LogP contribution in [0, 0.1) is 18.3 Å². The van der Waals surface area contributed by atoms with Crippen LogP contribution in [0.3, 0.4) is 0 Å². The molecule has 0 aliphatic heterocycles. The summed E-state index contributed by atoms with van der Waals surface area (Å²) in [5, 5.41) is 14.0. The number of halogens is 1. The lowest BCUT2D eigenvalue weighted by atomic mass is 9.98. The van der Waals surface area contributed by atoms with Gasteiger partial charge < -0.3 is 10.6 Å². The lowest BCUT2D eigenvalue weighted by Gasteiger charge is -2.15. The average molecular weight is 509 g/mol. The minimum atomic E-state index is -1.66. The number of nitrogens with one attached hydrogen (secondary N) is 2. The highest BCUT2D eigenvalue weighted by Gasteiger charge is 2.22. The molecule has 0 saturated heterocycles. The Morgan fingerprint density at radius 1 is 0.921 bits per heavy atom. The number of carbonyl (C=O) groups is 2. The molecule has 0 radical (unpaired) electrons. The van der Waals surface area contributed by atoms with Crippen molar-refractivity contribution in [3.05, 3.63) is 95.7 Å². The Hall–Kier alpha value is -4.97. The van der Waals surface area contributed by atoms with Crippen molar-refractivity contribution in [3.8, 4) is 28.5 Å². The third kappa shape index (κ3) is 6.05. The third-order valence-corrected chi connectivity index (χ3v) is 5.81. The zero-order valence-corrected chi connectivity index (χ0v) is 21.1. The number of nitrogens with zero attached hydrogens (tertiary/aromatic N) is 4. The van der Waals surface area contributed by atoms with Crippen LogP contribution in [0.4, 0.5) is 10.1 Å². The lowest BCUT2D eigenvalue weighted by molar-refractivity contribution is 0.0952. The normalized spacial score (nSPS) is 10.9. The second-order valence-corrected chi connectivity index (χ2v) is 9.09. The Bertz CT molecular complexity index is 1560. The molecule has 190 valence electrons. The second kappa shape index (κ2) is 11.0. The monoisotopic (exact) mass is 508 g/mol. The quantitative estimate of drug-likeness (QED) is 0.330. The molecular weight excluding hydrogens is 483 g/mol. The van der Waals surface area contributed by atoms with E-state index in [2.05, 4.69) is 25.6 Å². The highest BCUT2D eigenvalue weighted by Crippen LogP contribution is 2.30. The maximum Gasteiger partial charge on any atom is 0.270 e. The Morgan fingerprint density at radius 2 is 1.66 bits per heavy atom. The summed E-state index contributed by atoms with van der Waals surface area (Å²) < 4.78 is 14.3. The molecule has 9 heteroatoms. The van der Waals surface area contributed by atoms with Crippen molar-refractivity contribution in [2.75, 3.05) is 11.9 Å². The molecule has 0 fully saturated rings. The zero-order chi connectivity index (χ0) is 27.3. The van der Waals surface area contributed by atoms with Gasteiger partial charge in [0.1, 0.15) is 17.9 Å². The highest BCUT2D eigenvalue weighted by atomic mass is 19.1. The molecule has 3 heterocycles. The van der Waals surface area contributed by atoms with E-state index in [4.69, 9.17) is 5.26 Å². The predicted molar refractivity (Wildman–Crippen MR) is 142 cm³/mol. The van der Waals surface area contributed by atoms with Gasteiger partial charge in [0.05, 0.1) is 17.5 Å². The van der Waals surface area contributed by atoms with E-state index in [9.17, 15) is 14.0 Å². The summed E-state index contributed by atoms with van der Waals surface area (Å²) in [4.78, 5) is 37.7. The van der Waals surface area contributed by atoms with Gasteiger partial charge in [-0.1, -0.05) is 6.07 Å². The maximum absolute atomic E-state index is 14.3. The number of rotatable bonds is 7.